The minimum Gasteiger partial charge on any atom is -0.481 e. The fourth-order valence-electron chi connectivity index (χ4n) is 2.29. The number of carboxylic acids is 1. The maximum absolute atomic E-state index is 10.3. The van der Waals surface area contributed by atoms with Crippen molar-refractivity contribution in [3.05, 3.63) is 0 Å². The van der Waals surface area contributed by atoms with Crippen molar-refractivity contribution in [2.45, 2.75) is 96.8 Å². The van der Waals surface area contributed by atoms with Gasteiger partial charge in [0.25, 0.3) is 0 Å². The van der Waals surface area contributed by atoms with E-state index in [2.05, 4.69) is 6.92 Å². The Bertz CT molecular complexity index is 228. The van der Waals surface area contributed by atoms with Crippen molar-refractivity contribution in [1.29, 1.82) is 0 Å². The van der Waals surface area contributed by atoms with Crippen LogP contribution in [0.25, 0.3) is 0 Å². The summed E-state index contributed by atoms with van der Waals surface area (Å²) in [4.78, 5) is 10.3. The van der Waals surface area contributed by atoms with E-state index in [-0.39, 0.29) is 17.1 Å². The van der Waals surface area contributed by atoms with E-state index in [1.165, 1.54) is 70.6 Å². The summed E-state index contributed by atoms with van der Waals surface area (Å²) >= 11 is 0. The van der Waals surface area contributed by atoms with Crippen molar-refractivity contribution < 1.29 is 42.0 Å². The summed E-state index contributed by atoms with van der Waals surface area (Å²) in [6.07, 6.45) is 17.3. The van der Waals surface area contributed by atoms with Gasteiger partial charge < -0.3 is 20.2 Å². The number of hydrogen-bond acceptors (Lipinski definition) is 4. The molecule has 0 fully saturated rings. The van der Waals surface area contributed by atoms with Gasteiger partial charge in [-0.25, -0.2) is 0 Å². The summed E-state index contributed by atoms with van der Waals surface area (Å²) in [6, 6.07) is 0. The molecule has 0 saturated heterocycles. The minimum atomic E-state index is -2.17. The van der Waals surface area contributed by atoms with Gasteiger partial charge in [0.2, 0.25) is 0 Å². The molecule has 0 aromatic heterocycles. The van der Waals surface area contributed by atoms with Crippen LogP contribution < -0.4 is 0 Å². The molecule has 0 spiro atoms. The Balaban J connectivity index is -0.000000712. The molecule has 0 aromatic carbocycles. The van der Waals surface area contributed by atoms with Crippen LogP contribution in [0.2, 0.25) is 0 Å². The Morgan fingerprint density at radius 1 is 0.696 bits per heavy atom. The fourth-order valence-corrected chi connectivity index (χ4v) is 2.29. The quantitative estimate of drug-likeness (QED) is 0.273. The van der Waals surface area contributed by atoms with Crippen molar-refractivity contribution in [3.8, 4) is 0 Å². The number of aliphatic carboxylic acids is 1. The molecule has 0 rings (SSSR count). The molecule has 0 aromatic rings. The maximum Gasteiger partial charge on any atom is 0.631 e. The summed E-state index contributed by atoms with van der Waals surface area (Å²) in [5.74, 6) is -0.655. The first kappa shape index (κ1) is 27.8. The summed E-state index contributed by atoms with van der Waals surface area (Å²) in [5, 5.41) is 30.0. The molecule has 143 valence electrons. The third-order valence-electron chi connectivity index (χ3n) is 3.49. The van der Waals surface area contributed by atoms with Gasteiger partial charge in [-0.3, -0.25) is 4.79 Å². The van der Waals surface area contributed by atoms with Crippen LogP contribution in [0, 0.1) is 0 Å². The number of unbranched alkanes of at least 4 members (excludes halogenated alkanes) is 12. The predicted octanol–water partition coefficient (Wildman–Crippen LogP) is 3.50. The number of rotatable bonds is 14. The Morgan fingerprint density at radius 2 is 0.957 bits per heavy atom. The predicted molar refractivity (Wildman–Crippen MR) is 90.4 cm³/mol. The van der Waals surface area contributed by atoms with E-state index in [0.717, 1.165) is 12.8 Å². The van der Waals surface area contributed by atoms with Gasteiger partial charge >= 0.3 is 13.3 Å². The van der Waals surface area contributed by atoms with Crippen molar-refractivity contribution in [3.63, 3.8) is 0 Å². The largest absolute Gasteiger partial charge is 0.631 e. The molecule has 0 saturated carbocycles. The Morgan fingerprint density at radius 3 is 1.22 bits per heavy atom. The molecule has 0 aliphatic rings. The zero-order valence-electron chi connectivity index (χ0n) is 14.5. The van der Waals surface area contributed by atoms with E-state index in [0.29, 0.717) is 6.42 Å². The van der Waals surface area contributed by atoms with Crippen LogP contribution in [0.5, 0.6) is 0 Å². The number of carbonyl (C=O) groups is 1. The van der Waals surface area contributed by atoms with Crippen LogP contribution in [0.4, 0.5) is 0 Å². The summed E-state index contributed by atoms with van der Waals surface area (Å²) in [5.41, 5.74) is 0. The van der Waals surface area contributed by atoms with E-state index in [1.54, 1.807) is 0 Å². The molecule has 1 radical (unpaired) electrons. The number of hydrogen-bond donors (Lipinski definition) is 4. The summed E-state index contributed by atoms with van der Waals surface area (Å²) in [7, 11) is -2.17. The molecule has 7 heteroatoms. The van der Waals surface area contributed by atoms with Crippen molar-refractivity contribution in [1.82, 2.24) is 0 Å². The third kappa shape index (κ3) is 39.1. The van der Waals surface area contributed by atoms with Gasteiger partial charge in [-0.15, -0.1) is 0 Å². The molecule has 5 nitrogen and oxygen atoms in total. The van der Waals surface area contributed by atoms with Gasteiger partial charge in [0.05, 0.1) is 0 Å². The van der Waals surface area contributed by atoms with Crippen LogP contribution >= 0.6 is 0 Å². The van der Waals surface area contributed by atoms with Crippen LogP contribution in [0.1, 0.15) is 96.8 Å². The number of carboxylic acid groups (broad SMARTS) is 1. The zero-order valence-corrected chi connectivity index (χ0v) is 15.4. The second-order valence-electron chi connectivity index (χ2n) is 5.73. The van der Waals surface area contributed by atoms with Gasteiger partial charge in [-0.1, -0.05) is 84.0 Å². The van der Waals surface area contributed by atoms with E-state index in [9.17, 15) is 4.79 Å². The van der Waals surface area contributed by atoms with Crippen LogP contribution in [-0.2, 0) is 21.9 Å². The molecule has 4 N–H and O–H groups in total. The van der Waals surface area contributed by atoms with E-state index < -0.39 is 13.3 Å². The minimum absolute atomic E-state index is 0. The first-order valence-corrected chi connectivity index (χ1v) is 8.76. The molecule has 0 bridgehead atoms. The topological polar surface area (TPSA) is 98.0 Å². The van der Waals surface area contributed by atoms with E-state index >= 15 is 0 Å². The summed E-state index contributed by atoms with van der Waals surface area (Å²) < 4.78 is 0. The fraction of sp³-hybridized carbons (Fsp3) is 0.938. The van der Waals surface area contributed by atoms with Crippen molar-refractivity contribution in [2.75, 3.05) is 0 Å². The molecule has 0 amide bonds. The van der Waals surface area contributed by atoms with Gasteiger partial charge in [-0.2, -0.15) is 0 Å². The smallest absolute Gasteiger partial charge is 0.481 e. The van der Waals surface area contributed by atoms with Gasteiger partial charge in [0.1, 0.15) is 0 Å². The molecule has 0 heterocycles. The van der Waals surface area contributed by atoms with Crippen LogP contribution in [0.3, 0.4) is 0 Å². The Labute approximate surface area is 152 Å². The average molecular weight is 382 g/mol. The van der Waals surface area contributed by atoms with E-state index in [1.807, 2.05) is 0 Å². The van der Waals surface area contributed by atoms with Crippen molar-refractivity contribution in [2.24, 2.45) is 0 Å². The first-order chi connectivity index (χ1) is 10.5. The molecule has 0 aliphatic heterocycles. The second kappa shape index (κ2) is 24.2. The third-order valence-corrected chi connectivity index (χ3v) is 3.49. The Kier molecular flexibility index (Phi) is 29.2. The molecule has 23 heavy (non-hydrogen) atoms. The standard InChI is InChI=1S/C16H32O2.BH3O3.Cu/c1-2-3-4-5-6-7-8-9-10-11-12-13-14-15-16(17)18;2-1(3)4;/h2-15H2,1H3,(H,17,18);2-4H;. The maximum atomic E-state index is 10.3. The first-order valence-electron chi connectivity index (χ1n) is 8.76. The Hall–Kier alpha value is -0.0656. The van der Waals surface area contributed by atoms with Crippen molar-refractivity contribution >= 4 is 13.3 Å². The second-order valence-corrected chi connectivity index (χ2v) is 5.73. The van der Waals surface area contributed by atoms with Gasteiger partial charge in [0, 0.05) is 23.5 Å². The van der Waals surface area contributed by atoms with Gasteiger partial charge in [-0.05, 0) is 6.42 Å². The monoisotopic (exact) mass is 381 g/mol. The molecular formula is C16H35BCuO5. The molecule has 0 unspecified atom stereocenters. The molecular weight excluding hydrogens is 347 g/mol. The zero-order chi connectivity index (χ0) is 17.1. The SMILES string of the molecule is CCCCCCCCCCCCCCCC(=O)O.OB(O)O.[Cu]. The van der Waals surface area contributed by atoms with Crippen LogP contribution in [0.15, 0.2) is 0 Å². The van der Waals surface area contributed by atoms with Crippen LogP contribution in [-0.4, -0.2) is 33.5 Å². The molecule has 0 aliphatic carbocycles. The molecule has 0 atom stereocenters. The van der Waals surface area contributed by atoms with Gasteiger partial charge in [0.15, 0.2) is 0 Å². The van der Waals surface area contributed by atoms with E-state index in [4.69, 9.17) is 20.2 Å². The summed E-state index contributed by atoms with van der Waals surface area (Å²) in [6.45, 7) is 2.26. The normalized spacial score (nSPS) is 9.57. The average Bonchev–Trinajstić information content (AvgIpc) is 2.43.